The van der Waals surface area contributed by atoms with E-state index in [4.69, 9.17) is 9.57 Å². The molecule has 46 heavy (non-hydrogen) atoms. The van der Waals surface area contributed by atoms with Gasteiger partial charge in [0.1, 0.15) is 17.9 Å². The van der Waals surface area contributed by atoms with Crippen molar-refractivity contribution in [1.82, 2.24) is 5.06 Å². The molecule has 0 amide bonds. The quantitative estimate of drug-likeness (QED) is 0.262. The van der Waals surface area contributed by atoms with Crippen LogP contribution in [-0.4, -0.2) is 58.8 Å². The molecule has 2 N–H and O–H groups in total. The fraction of sp³-hybridized carbons (Fsp3) is 0.611. The second-order valence-corrected chi connectivity index (χ2v) is 14.1. The van der Waals surface area contributed by atoms with Gasteiger partial charge < -0.3 is 14.9 Å². The van der Waals surface area contributed by atoms with Crippen LogP contribution in [0.3, 0.4) is 0 Å². The number of Topliss-reactive ketones (excluding diaryl/α,β-unsaturated/α-hetero) is 2. The zero-order valence-corrected chi connectivity index (χ0v) is 27.4. The molecule has 2 bridgehead atoms. The van der Waals surface area contributed by atoms with Gasteiger partial charge in [-0.1, -0.05) is 45.9 Å². The summed E-state index contributed by atoms with van der Waals surface area (Å²) in [5.74, 6) is 0.860. The highest BCUT2D eigenvalue weighted by atomic mass is 19.4. The van der Waals surface area contributed by atoms with Gasteiger partial charge in [-0.25, -0.2) is 0 Å². The average Bonchev–Trinajstić information content (AvgIpc) is 3.39. The van der Waals surface area contributed by atoms with Crippen molar-refractivity contribution in [1.29, 1.82) is 0 Å². The molecule has 0 spiro atoms. The van der Waals surface area contributed by atoms with Crippen molar-refractivity contribution in [2.45, 2.75) is 91.3 Å². The molecular formula is C36H46F3NO6. The van der Waals surface area contributed by atoms with Gasteiger partial charge in [-0.2, -0.15) is 18.2 Å². The van der Waals surface area contributed by atoms with Gasteiger partial charge in [0, 0.05) is 35.4 Å². The monoisotopic (exact) mass is 645 g/mol. The first kappa shape index (κ1) is 34.5. The molecule has 4 aliphatic rings. The molecule has 3 saturated carbocycles. The number of ketones is 2. The lowest BCUT2D eigenvalue weighted by Crippen LogP contribution is -2.55. The predicted molar refractivity (Wildman–Crippen MR) is 167 cm³/mol. The summed E-state index contributed by atoms with van der Waals surface area (Å²) in [5, 5.41) is 22.5. The summed E-state index contributed by atoms with van der Waals surface area (Å²) in [7, 11) is 1.41. The molecule has 6 rings (SSSR count). The molecule has 2 aromatic rings. The van der Waals surface area contributed by atoms with E-state index >= 15 is 0 Å². The molecule has 252 valence electrons. The van der Waals surface area contributed by atoms with Gasteiger partial charge in [-0.15, -0.1) is 0 Å². The second kappa shape index (κ2) is 13.0. The van der Waals surface area contributed by atoms with Crippen molar-refractivity contribution >= 4 is 11.6 Å². The van der Waals surface area contributed by atoms with E-state index in [2.05, 4.69) is 20.8 Å². The van der Waals surface area contributed by atoms with Crippen molar-refractivity contribution in [3.05, 3.63) is 53.1 Å². The molecule has 10 heteroatoms. The Bertz CT molecular complexity index is 1460. The topological polar surface area (TPSA) is 96.3 Å². The number of ether oxygens (including phenoxy) is 1. The Morgan fingerprint density at radius 1 is 1.17 bits per heavy atom. The molecule has 0 unspecified atom stereocenters. The highest BCUT2D eigenvalue weighted by molar-refractivity contribution is 5.97. The first-order valence-electron chi connectivity index (χ1n) is 16.3. The van der Waals surface area contributed by atoms with Crippen molar-refractivity contribution in [2.75, 3.05) is 13.7 Å². The van der Waals surface area contributed by atoms with Crippen molar-refractivity contribution in [3.63, 3.8) is 0 Å². The zero-order chi connectivity index (χ0) is 33.7. The number of halogens is 3. The van der Waals surface area contributed by atoms with Gasteiger partial charge in [-0.05, 0) is 72.6 Å². The maximum absolute atomic E-state index is 14.1. The molecule has 2 aromatic carbocycles. The van der Waals surface area contributed by atoms with Gasteiger partial charge in [0.2, 0.25) is 0 Å². The third kappa shape index (κ3) is 6.25. The maximum Gasteiger partial charge on any atom is 0.416 e. The minimum Gasteiger partial charge on any atom is -0.496 e. The number of aliphatic hydroxyl groups excluding tert-OH is 2. The maximum atomic E-state index is 14.1. The summed E-state index contributed by atoms with van der Waals surface area (Å²) in [5.41, 5.74) is 0.348. The Labute approximate surface area is 269 Å². The minimum absolute atomic E-state index is 0.0192. The smallest absolute Gasteiger partial charge is 0.416 e. The highest BCUT2D eigenvalue weighted by Gasteiger charge is 2.57. The molecule has 0 radical (unpaired) electrons. The number of para-hydroxylation sites is 1. The number of nitrogens with zero attached hydrogens (tertiary/aromatic N) is 1. The van der Waals surface area contributed by atoms with E-state index in [0.717, 1.165) is 18.6 Å². The molecule has 1 saturated heterocycles. The van der Waals surface area contributed by atoms with Crippen LogP contribution in [0.15, 0.2) is 36.4 Å². The number of alkyl halides is 3. The van der Waals surface area contributed by atoms with E-state index in [9.17, 15) is 33.0 Å². The van der Waals surface area contributed by atoms with Gasteiger partial charge in [0.25, 0.3) is 0 Å². The molecule has 4 fully saturated rings. The van der Waals surface area contributed by atoms with Crippen molar-refractivity contribution in [2.24, 2.45) is 35.0 Å². The number of benzene rings is 2. The Hall–Kier alpha value is -2.79. The first-order chi connectivity index (χ1) is 21.6. The van der Waals surface area contributed by atoms with E-state index in [-0.39, 0.29) is 47.0 Å². The summed E-state index contributed by atoms with van der Waals surface area (Å²) in [4.78, 5) is 32.8. The largest absolute Gasteiger partial charge is 0.496 e. The van der Waals surface area contributed by atoms with Crippen LogP contribution in [0, 0.1) is 35.0 Å². The number of methoxy groups -OCH3 is 1. The third-order valence-electron chi connectivity index (χ3n) is 11.3. The minimum atomic E-state index is -4.66. The molecule has 8 atom stereocenters. The van der Waals surface area contributed by atoms with E-state index in [0.29, 0.717) is 35.3 Å². The highest BCUT2D eigenvalue weighted by Crippen LogP contribution is 2.63. The van der Waals surface area contributed by atoms with Crippen molar-refractivity contribution in [3.8, 4) is 16.9 Å². The molecule has 1 heterocycles. The van der Waals surface area contributed by atoms with E-state index < -0.39 is 48.3 Å². The standard InChI is InChI=1S/C36H46F3NO6/c1-7-29(43)24-11-23(13-26(14-24)36(37,38)39)27-10-8-9-21(34(27)45-6)17-40-33(32(20(3)42)31(18-41)46-40)30(44)15-22-12-25-16-28(19(22)2)35(25,4)5/h8-11,13-14,19-20,22,25,28,31-33,41-42H,7,12,15-18H2,1-6H3/t19-,20+,22-,25+,28+,31+,32+,33-/m1/s1. The third-order valence-corrected chi connectivity index (χ3v) is 11.3. The summed E-state index contributed by atoms with van der Waals surface area (Å²) in [6.45, 7) is 9.66. The van der Waals surface area contributed by atoms with Crippen LogP contribution < -0.4 is 4.74 Å². The van der Waals surface area contributed by atoms with Gasteiger partial charge in [0.15, 0.2) is 11.6 Å². The van der Waals surface area contributed by atoms with E-state index in [1.165, 1.54) is 24.7 Å². The van der Waals surface area contributed by atoms with Crippen LogP contribution in [0.1, 0.15) is 81.8 Å². The lowest BCUT2D eigenvalue weighted by molar-refractivity contribution is -0.183. The Morgan fingerprint density at radius 2 is 1.89 bits per heavy atom. The number of fused-ring (bicyclic) bond motifs is 2. The summed E-state index contributed by atoms with van der Waals surface area (Å²) < 4.78 is 47.4. The molecule has 0 aromatic heterocycles. The predicted octanol–water partition coefficient (Wildman–Crippen LogP) is 6.72. The lowest BCUT2D eigenvalue weighted by atomic mass is 9.43. The van der Waals surface area contributed by atoms with Crippen LogP contribution in [0.2, 0.25) is 0 Å². The number of hydroxylamine groups is 2. The lowest BCUT2D eigenvalue weighted by Gasteiger charge is -2.62. The van der Waals surface area contributed by atoms with Crippen LogP contribution in [0.5, 0.6) is 5.75 Å². The van der Waals surface area contributed by atoms with Gasteiger partial charge >= 0.3 is 6.18 Å². The van der Waals surface area contributed by atoms with Gasteiger partial charge in [0.05, 0.1) is 31.9 Å². The summed E-state index contributed by atoms with van der Waals surface area (Å²) in [6.07, 6.45) is -3.87. The normalized spacial score (nSPS) is 29.7. The number of carbonyl (C=O) groups excluding carboxylic acids is 2. The molecule has 1 aliphatic heterocycles. The Kier molecular flexibility index (Phi) is 9.77. The fourth-order valence-corrected chi connectivity index (χ4v) is 8.51. The van der Waals surface area contributed by atoms with Gasteiger partial charge in [-0.3, -0.25) is 14.4 Å². The number of aliphatic hydroxyl groups is 2. The van der Waals surface area contributed by atoms with Crippen molar-refractivity contribution < 1.29 is 42.5 Å². The second-order valence-electron chi connectivity index (χ2n) is 14.1. The summed E-state index contributed by atoms with van der Waals surface area (Å²) in [6, 6.07) is 7.49. The molecule has 3 aliphatic carbocycles. The first-order valence-corrected chi connectivity index (χ1v) is 16.3. The SMILES string of the molecule is CCC(=O)c1cc(-c2cccc(CN3O[C@@H](CO)[C@H]([C@H](C)O)[C@H]3C(=O)C[C@H]3C[C@H]4C[C@@H]([C@@H]3C)C4(C)C)c2OC)cc(C(F)(F)F)c1. The number of hydrogen-bond acceptors (Lipinski definition) is 7. The Balaban J connectivity index is 1.48. The average molecular weight is 646 g/mol. The fourth-order valence-electron chi connectivity index (χ4n) is 8.51. The van der Waals surface area contributed by atoms with E-state index in [1.54, 1.807) is 32.0 Å². The number of hydrogen-bond donors (Lipinski definition) is 2. The number of rotatable bonds is 11. The number of carbonyl (C=O) groups is 2. The van der Waals surface area contributed by atoms with Crippen LogP contribution in [0.25, 0.3) is 11.1 Å². The van der Waals surface area contributed by atoms with E-state index in [1.807, 2.05) is 0 Å². The van der Waals surface area contributed by atoms with Crippen LogP contribution in [-0.2, 0) is 22.4 Å². The van der Waals surface area contributed by atoms with Crippen LogP contribution in [0.4, 0.5) is 13.2 Å². The Morgan fingerprint density at radius 3 is 2.46 bits per heavy atom. The molecular weight excluding hydrogens is 599 g/mol. The van der Waals surface area contributed by atoms with Crippen LogP contribution >= 0.6 is 0 Å². The summed E-state index contributed by atoms with van der Waals surface area (Å²) >= 11 is 0. The zero-order valence-electron chi connectivity index (χ0n) is 27.4. The molecule has 7 nitrogen and oxygen atoms in total.